The van der Waals surface area contributed by atoms with Crippen LogP contribution in [0.4, 0.5) is 0 Å². The van der Waals surface area contributed by atoms with Crippen LogP contribution in [0.25, 0.3) is 10.8 Å². The maximum absolute atomic E-state index is 12.4. The van der Waals surface area contributed by atoms with E-state index in [2.05, 4.69) is 41.7 Å². The van der Waals surface area contributed by atoms with Gasteiger partial charge in [-0.15, -0.1) is 0 Å². The van der Waals surface area contributed by atoms with E-state index in [-0.39, 0.29) is 18.2 Å². The molecule has 2 unspecified atom stereocenters. The van der Waals surface area contributed by atoms with Crippen molar-refractivity contribution in [1.29, 1.82) is 0 Å². The van der Waals surface area contributed by atoms with Gasteiger partial charge in [0, 0.05) is 18.9 Å². The zero-order chi connectivity index (χ0) is 18.4. The van der Waals surface area contributed by atoms with Crippen LogP contribution < -0.4 is 5.32 Å². The Morgan fingerprint density at radius 3 is 2.54 bits per heavy atom. The quantitative estimate of drug-likeness (QED) is 0.619. The number of benzene rings is 2. The molecule has 26 heavy (non-hydrogen) atoms. The van der Waals surface area contributed by atoms with Crippen molar-refractivity contribution >= 4 is 22.6 Å². The number of carboxylic acid groups (broad SMARTS) is 1. The third kappa shape index (κ3) is 4.84. The highest BCUT2D eigenvalue weighted by Crippen LogP contribution is 2.49. The first-order valence-corrected chi connectivity index (χ1v) is 9.64. The third-order valence-electron chi connectivity index (χ3n) is 5.22. The number of hydrogen-bond acceptors (Lipinski definition) is 2. The van der Waals surface area contributed by atoms with Gasteiger partial charge in [0.05, 0.1) is 0 Å². The van der Waals surface area contributed by atoms with Gasteiger partial charge < -0.3 is 10.4 Å². The van der Waals surface area contributed by atoms with E-state index in [1.54, 1.807) is 0 Å². The molecule has 1 aliphatic rings. The van der Waals surface area contributed by atoms with E-state index >= 15 is 0 Å². The van der Waals surface area contributed by atoms with Crippen LogP contribution in [0.3, 0.4) is 0 Å². The Hall–Kier alpha value is -2.36. The molecule has 1 fully saturated rings. The average molecular weight is 353 g/mol. The van der Waals surface area contributed by atoms with Crippen molar-refractivity contribution in [3.8, 4) is 0 Å². The molecule has 0 bridgehead atoms. The monoisotopic (exact) mass is 353 g/mol. The van der Waals surface area contributed by atoms with Crippen LogP contribution in [0.5, 0.6) is 0 Å². The van der Waals surface area contributed by atoms with E-state index in [0.717, 1.165) is 45.1 Å². The molecule has 1 aliphatic carbocycles. The Labute approximate surface area is 154 Å². The van der Waals surface area contributed by atoms with E-state index in [4.69, 9.17) is 5.11 Å². The molecule has 1 amide bonds. The fourth-order valence-corrected chi connectivity index (χ4v) is 3.68. The summed E-state index contributed by atoms with van der Waals surface area (Å²) in [6, 6.07) is 14.7. The second-order valence-corrected chi connectivity index (χ2v) is 7.22. The topological polar surface area (TPSA) is 66.4 Å². The first-order valence-electron chi connectivity index (χ1n) is 9.64. The van der Waals surface area contributed by atoms with Gasteiger partial charge >= 0.3 is 5.97 Å². The molecule has 2 atom stereocenters. The summed E-state index contributed by atoms with van der Waals surface area (Å²) in [6.07, 6.45) is 5.93. The van der Waals surface area contributed by atoms with Crippen molar-refractivity contribution in [2.75, 3.05) is 6.54 Å². The molecule has 2 aromatic carbocycles. The molecule has 2 N–H and O–H groups in total. The highest BCUT2D eigenvalue weighted by molar-refractivity contribution is 5.89. The molecular formula is C22H27NO3. The van der Waals surface area contributed by atoms with Crippen LogP contribution in [-0.2, 0) is 9.59 Å². The lowest BCUT2D eigenvalue weighted by atomic mass is 10.00. The fourth-order valence-electron chi connectivity index (χ4n) is 3.68. The van der Waals surface area contributed by atoms with Gasteiger partial charge in [-0.1, -0.05) is 61.7 Å². The zero-order valence-corrected chi connectivity index (χ0v) is 15.1. The summed E-state index contributed by atoms with van der Waals surface area (Å²) in [5.41, 5.74) is 1.29. The minimum atomic E-state index is -0.720. The van der Waals surface area contributed by atoms with Crippen LogP contribution in [0.1, 0.15) is 56.4 Å². The molecular weight excluding hydrogens is 326 g/mol. The zero-order valence-electron chi connectivity index (χ0n) is 15.1. The predicted octanol–water partition coefficient (Wildman–Crippen LogP) is 4.48. The highest BCUT2D eigenvalue weighted by atomic mass is 16.4. The number of aliphatic carboxylic acids is 1. The molecule has 0 aliphatic heterocycles. The summed E-state index contributed by atoms with van der Waals surface area (Å²) < 4.78 is 0. The number of unbranched alkanes of at least 4 members (excludes halogenated alkanes) is 4. The highest BCUT2D eigenvalue weighted by Gasteiger charge is 2.44. The summed E-state index contributed by atoms with van der Waals surface area (Å²) in [7, 11) is 0. The van der Waals surface area contributed by atoms with Crippen LogP contribution in [-0.4, -0.2) is 23.5 Å². The Morgan fingerprint density at radius 1 is 0.962 bits per heavy atom. The summed E-state index contributed by atoms with van der Waals surface area (Å²) in [5.74, 6) is -0.0928. The molecule has 0 spiro atoms. The third-order valence-corrected chi connectivity index (χ3v) is 5.22. The van der Waals surface area contributed by atoms with Crippen LogP contribution in [0.2, 0.25) is 0 Å². The molecule has 0 radical (unpaired) electrons. The Balaban J connectivity index is 1.37. The van der Waals surface area contributed by atoms with Crippen molar-refractivity contribution in [2.24, 2.45) is 5.92 Å². The molecule has 138 valence electrons. The van der Waals surface area contributed by atoms with Gasteiger partial charge in [-0.3, -0.25) is 9.59 Å². The molecule has 0 saturated heterocycles. The molecule has 0 aromatic heterocycles. The van der Waals surface area contributed by atoms with Gasteiger partial charge in [-0.05, 0) is 41.5 Å². The first kappa shape index (κ1) is 18.4. The van der Waals surface area contributed by atoms with Gasteiger partial charge in [0.25, 0.3) is 0 Å². The van der Waals surface area contributed by atoms with Crippen molar-refractivity contribution < 1.29 is 14.7 Å². The smallest absolute Gasteiger partial charge is 0.303 e. The summed E-state index contributed by atoms with van der Waals surface area (Å²) in [4.78, 5) is 22.8. The number of carbonyl (C=O) groups is 2. The Kier molecular flexibility index (Phi) is 6.26. The van der Waals surface area contributed by atoms with E-state index in [1.165, 1.54) is 16.3 Å². The van der Waals surface area contributed by atoms with Crippen molar-refractivity contribution in [1.82, 2.24) is 5.32 Å². The predicted molar refractivity (Wildman–Crippen MR) is 103 cm³/mol. The molecule has 1 saturated carbocycles. The fraction of sp³-hybridized carbons (Fsp3) is 0.455. The number of rotatable bonds is 10. The second-order valence-electron chi connectivity index (χ2n) is 7.22. The van der Waals surface area contributed by atoms with Gasteiger partial charge in [0.15, 0.2) is 0 Å². The largest absolute Gasteiger partial charge is 0.481 e. The summed E-state index contributed by atoms with van der Waals surface area (Å²) >= 11 is 0. The number of carbonyl (C=O) groups excluding carboxylic acids is 1. The molecule has 4 heteroatoms. The maximum atomic E-state index is 12.4. The summed E-state index contributed by atoms with van der Waals surface area (Å²) in [6.45, 7) is 0.719. The minimum Gasteiger partial charge on any atom is -0.481 e. The van der Waals surface area contributed by atoms with Crippen molar-refractivity contribution in [2.45, 2.75) is 50.9 Å². The van der Waals surface area contributed by atoms with Crippen molar-refractivity contribution in [3.63, 3.8) is 0 Å². The number of carboxylic acids is 1. The van der Waals surface area contributed by atoms with E-state index < -0.39 is 5.97 Å². The van der Waals surface area contributed by atoms with E-state index in [0.29, 0.717) is 5.92 Å². The van der Waals surface area contributed by atoms with Gasteiger partial charge in [-0.25, -0.2) is 0 Å². The van der Waals surface area contributed by atoms with Crippen LogP contribution in [0.15, 0.2) is 42.5 Å². The molecule has 3 rings (SSSR count). The first-order chi connectivity index (χ1) is 12.7. The molecule has 2 aromatic rings. The van der Waals surface area contributed by atoms with Crippen LogP contribution >= 0.6 is 0 Å². The minimum absolute atomic E-state index is 0.108. The molecule has 4 nitrogen and oxygen atoms in total. The lowest BCUT2D eigenvalue weighted by molar-refractivity contribution is -0.137. The standard InChI is InChI=1S/C22H27NO3/c24-21(25)13-4-2-1-3-7-14-23-22(26)20-15-19(20)18-12-8-10-16-9-5-6-11-17(16)18/h5-6,8-12,19-20H,1-4,7,13-15H2,(H,23,26)(H,24,25). The van der Waals surface area contributed by atoms with E-state index in [1.807, 2.05) is 6.07 Å². The summed E-state index contributed by atoms with van der Waals surface area (Å²) in [5, 5.41) is 14.2. The number of amides is 1. The number of hydrogen-bond donors (Lipinski definition) is 2. The second kappa shape index (κ2) is 8.84. The number of nitrogens with one attached hydrogen (secondary N) is 1. The van der Waals surface area contributed by atoms with Gasteiger partial charge in [0.2, 0.25) is 5.91 Å². The molecule has 0 heterocycles. The number of fused-ring (bicyclic) bond motifs is 1. The normalized spacial score (nSPS) is 18.6. The van der Waals surface area contributed by atoms with Gasteiger partial charge in [-0.2, -0.15) is 0 Å². The van der Waals surface area contributed by atoms with Crippen LogP contribution in [0, 0.1) is 5.92 Å². The SMILES string of the molecule is O=C(O)CCCCCCCNC(=O)C1CC1c1cccc2ccccc12. The Bertz CT molecular complexity index is 766. The van der Waals surface area contributed by atoms with Gasteiger partial charge in [0.1, 0.15) is 0 Å². The average Bonchev–Trinajstić information content (AvgIpc) is 3.43. The maximum Gasteiger partial charge on any atom is 0.303 e. The van der Waals surface area contributed by atoms with E-state index in [9.17, 15) is 9.59 Å². The Morgan fingerprint density at radius 2 is 1.69 bits per heavy atom. The van der Waals surface area contributed by atoms with Crippen molar-refractivity contribution in [3.05, 3.63) is 48.0 Å². The lowest BCUT2D eigenvalue weighted by Crippen LogP contribution is -2.26. The lowest BCUT2D eigenvalue weighted by Gasteiger charge is -2.07.